The van der Waals surface area contributed by atoms with Gasteiger partial charge in [0.05, 0.1) is 6.61 Å². The maximum Gasteiger partial charge on any atom is 0.0589 e. The van der Waals surface area contributed by atoms with E-state index in [0.29, 0.717) is 5.92 Å². The minimum Gasteiger partial charge on any atom is -0.383 e. The van der Waals surface area contributed by atoms with Crippen LogP contribution in [0.5, 0.6) is 0 Å². The van der Waals surface area contributed by atoms with Gasteiger partial charge in [-0.3, -0.25) is 0 Å². The van der Waals surface area contributed by atoms with Crippen molar-refractivity contribution in [3.63, 3.8) is 0 Å². The third-order valence-electron chi connectivity index (χ3n) is 3.78. The normalized spacial score (nSPS) is 20.9. The van der Waals surface area contributed by atoms with E-state index < -0.39 is 0 Å². The highest BCUT2D eigenvalue weighted by Gasteiger charge is 2.20. The topological polar surface area (TPSA) is 12.5 Å². The summed E-state index contributed by atoms with van der Waals surface area (Å²) in [6.07, 6.45) is 2.40. The smallest absolute Gasteiger partial charge is 0.0589 e. The molecule has 94 valence electrons. The number of benzene rings is 1. The van der Waals surface area contributed by atoms with Gasteiger partial charge in [-0.25, -0.2) is 0 Å². The summed E-state index contributed by atoms with van der Waals surface area (Å²) in [7, 11) is 1.78. The lowest BCUT2D eigenvalue weighted by Gasteiger charge is -2.23. The predicted molar refractivity (Wildman–Crippen MR) is 71.5 cm³/mol. The van der Waals surface area contributed by atoms with E-state index in [2.05, 4.69) is 36.1 Å². The third-order valence-corrected chi connectivity index (χ3v) is 3.78. The van der Waals surface area contributed by atoms with Crippen LogP contribution in [-0.4, -0.2) is 38.3 Å². The van der Waals surface area contributed by atoms with Crippen molar-refractivity contribution in [2.24, 2.45) is 0 Å². The average Bonchev–Trinajstić information content (AvgIpc) is 2.56. The summed E-state index contributed by atoms with van der Waals surface area (Å²) in [6, 6.07) is 8.93. The third kappa shape index (κ3) is 3.08. The fourth-order valence-corrected chi connectivity index (χ4v) is 2.71. The first-order valence-corrected chi connectivity index (χ1v) is 6.64. The van der Waals surface area contributed by atoms with E-state index in [9.17, 15) is 0 Å². The van der Waals surface area contributed by atoms with Crippen LogP contribution in [0.2, 0.25) is 0 Å². The number of methoxy groups -OCH3 is 1. The van der Waals surface area contributed by atoms with Crippen molar-refractivity contribution in [2.45, 2.75) is 25.7 Å². The molecule has 0 saturated carbocycles. The molecule has 0 N–H and O–H groups in total. The Labute approximate surface area is 105 Å². The van der Waals surface area contributed by atoms with E-state index in [1.165, 1.54) is 19.4 Å². The SMILES string of the molecule is CCC1CN(CCOC)CCc2ccccc21. The molecule has 17 heavy (non-hydrogen) atoms. The molecule has 0 amide bonds. The Morgan fingerprint density at radius 2 is 2.18 bits per heavy atom. The molecule has 0 fully saturated rings. The van der Waals surface area contributed by atoms with E-state index in [0.717, 1.165) is 19.7 Å². The van der Waals surface area contributed by atoms with E-state index in [-0.39, 0.29) is 0 Å². The standard InChI is InChI=1S/C15H23NO/c1-3-13-12-16(10-11-17-2)9-8-14-6-4-5-7-15(13)14/h4-7,13H,3,8-12H2,1-2H3. The van der Waals surface area contributed by atoms with Crippen LogP contribution in [0.15, 0.2) is 24.3 Å². The summed E-state index contributed by atoms with van der Waals surface area (Å²) in [4.78, 5) is 2.54. The molecule has 2 nitrogen and oxygen atoms in total. The van der Waals surface area contributed by atoms with Gasteiger partial charge in [0.2, 0.25) is 0 Å². The zero-order valence-electron chi connectivity index (χ0n) is 11.0. The first kappa shape index (κ1) is 12.6. The van der Waals surface area contributed by atoms with Gasteiger partial charge >= 0.3 is 0 Å². The molecule has 0 aromatic heterocycles. The quantitative estimate of drug-likeness (QED) is 0.793. The number of hydrogen-bond acceptors (Lipinski definition) is 2. The Balaban J connectivity index is 2.11. The molecule has 2 rings (SSSR count). The second-order valence-electron chi connectivity index (χ2n) is 4.85. The van der Waals surface area contributed by atoms with Crippen LogP contribution in [0.3, 0.4) is 0 Å². The van der Waals surface area contributed by atoms with E-state index in [1.807, 2.05) is 0 Å². The summed E-state index contributed by atoms with van der Waals surface area (Å²) >= 11 is 0. The Morgan fingerprint density at radius 1 is 1.35 bits per heavy atom. The second kappa shape index (κ2) is 6.18. The molecule has 0 radical (unpaired) electrons. The molecule has 1 aromatic carbocycles. The fourth-order valence-electron chi connectivity index (χ4n) is 2.71. The first-order valence-electron chi connectivity index (χ1n) is 6.64. The molecular formula is C15H23NO. The van der Waals surface area contributed by atoms with Gasteiger partial charge in [0, 0.05) is 26.7 Å². The Kier molecular flexibility index (Phi) is 4.57. The lowest BCUT2D eigenvalue weighted by Crippen LogP contribution is -2.31. The van der Waals surface area contributed by atoms with Crippen LogP contribution in [0.25, 0.3) is 0 Å². The van der Waals surface area contributed by atoms with Gasteiger partial charge in [-0.2, -0.15) is 0 Å². The summed E-state index contributed by atoms with van der Waals surface area (Å²) in [6.45, 7) is 6.53. The van der Waals surface area contributed by atoms with Gasteiger partial charge in [0.15, 0.2) is 0 Å². The summed E-state index contributed by atoms with van der Waals surface area (Å²) in [5, 5.41) is 0. The maximum atomic E-state index is 5.19. The van der Waals surface area contributed by atoms with Gasteiger partial charge in [-0.15, -0.1) is 0 Å². The molecule has 1 aromatic rings. The van der Waals surface area contributed by atoms with Crippen LogP contribution in [0.4, 0.5) is 0 Å². The highest BCUT2D eigenvalue weighted by molar-refractivity contribution is 5.32. The van der Waals surface area contributed by atoms with Crippen molar-refractivity contribution in [3.8, 4) is 0 Å². The zero-order chi connectivity index (χ0) is 12.1. The van der Waals surface area contributed by atoms with Gasteiger partial charge in [0.25, 0.3) is 0 Å². The van der Waals surface area contributed by atoms with Crippen molar-refractivity contribution in [1.29, 1.82) is 0 Å². The number of rotatable bonds is 4. The Bertz CT molecular complexity index is 351. The molecule has 0 bridgehead atoms. The van der Waals surface area contributed by atoms with Crippen molar-refractivity contribution >= 4 is 0 Å². The van der Waals surface area contributed by atoms with E-state index in [1.54, 1.807) is 18.2 Å². The largest absolute Gasteiger partial charge is 0.383 e. The lowest BCUT2D eigenvalue weighted by atomic mass is 9.92. The summed E-state index contributed by atoms with van der Waals surface area (Å²) in [5.74, 6) is 0.686. The number of ether oxygens (including phenoxy) is 1. The van der Waals surface area contributed by atoms with Crippen molar-refractivity contribution < 1.29 is 4.74 Å². The predicted octanol–water partition coefficient (Wildman–Crippen LogP) is 2.68. The zero-order valence-corrected chi connectivity index (χ0v) is 11.0. The second-order valence-corrected chi connectivity index (χ2v) is 4.85. The molecule has 0 spiro atoms. The molecular weight excluding hydrogens is 210 g/mol. The van der Waals surface area contributed by atoms with Crippen molar-refractivity contribution in [2.75, 3.05) is 33.4 Å². The van der Waals surface area contributed by atoms with Gasteiger partial charge in [0.1, 0.15) is 0 Å². The van der Waals surface area contributed by atoms with Gasteiger partial charge in [-0.1, -0.05) is 31.2 Å². The van der Waals surface area contributed by atoms with Crippen LogP contribution < -0.4 is 0 Å². The van der Waals surface area contributed by atoms with Crippen molar-refractivity contribution in [1.82, 2.24) is 4.90 Å². The molecule has 0 aliphatic carbocycles. The Hall–Kier alpha value is -0.860. The Morgan fingerprint density at radius 3 is 2.94 bits per heavy atom. The van der Waals surface area contributed by atoms with Crippen LogP contribution in [0.1, 0.15) is 30.4 Å². The van der Waals surface area contributed by atoms with E-state index in [4.69, 9.17) is 4.74 Å². The minimum atomic E-state index is 0.686. The van der Waals surface area contributed by atoms with Gasteiger partial charge in [-0.05, 0) is 29.9 Å². The number of fused-ring (bicyclic) bond motifs is 1. The molecule has 1 aliphatic rings. The maximum absolute atomic E-state index is 5.19. The molecule has 1 heterocycles. The monoisotopic (exact) mass is 233 g/mol. The minimum absolute atomic E-state index is 0.686. The summed E-state index contributed by atoms with van der Waals surface area (Å²) in [5.41, 5.74) is 3.11. The number of hydrogen-bond donors (Lipinski definition) is 0. The van der Waals surface area contributed by atoms with Crippen molar-refractivity contribution in [3.05, 3.63) is 35.4 Å². The first-order chi connectivity index (χ1) is 8.35. The van der Waals surface area contributed by atoms with Crippen LogP contribution in [0, 0.1) is 0 Å². The lowest BCUT2D eigenvalue weighted by molar-refractivity contribution is 0.146. The van der Waals surface area contributed by atoms with E-state index >= 15 is 0 Å². The molecule has 0 saturated heterocycles. The molecule has 1 aliphatic heterocycles. The van der Waals surface area contributed by atoms with Gasteiger partial charge < -0.3 is 9.64 Å². The van der Waals surface area contributed by atoms with Crippen LogP contribution in [-0.2, 0) is 11.2 Å². The molecule has 1 atom stereocenters. The summed E-state index contributed by atoms with van der Waals surface area (Å²) < 4.78 is 5.19. The molecule has 2 heteroatoms. The highest BCUT2D eigenvalue weighted by atomic mass is 16.5. The number of nitrogens with zero attached hydrogens (tertiary/aromatic N) is 1. The highest BCUT2D eigenvalue weighted by Crippen LogP contribution is 2.27. The molecule has 1 unspecified atom stereocenters. The fraction of sp³-hybridized carbons (Fsp3) is 0.600. The average molecular weight is 233 g/mol. The van der Waals surface area contributed by atoms with Crippen LogP contribution >= 0.6 is 0 Å².